The van der Waals surface area contributed by atoms with Gasteiger partial charge in [-0.15, -0.1) is 6.42 Å². The van der Waals surface area contributed by atoms with Gasteiger partial charge in [-0.1, -0.05) is 12.8 Å². The summed E-state index contributed by atoms with van der Waals surface area (Å²) in [5.41, 5.74) is 0. The van der Waals surface area contributed by atoms with Gasteiger partial charge in [0, 0.05) is 6.54 Å². The van der Waals surface area contributed by atoms with Crippen molar-refractivity contribution in [2.45, 2.75) is 25.5 Å². The third-order valence-corrected chi connectivity index (χ3v) is 3.76. The minimum Gasteiger partial charge on any atom is -0.211 e. The van der Waals surface area contributed by atoms with E-state index in [-0.39, 0.29) is 6.54 Å². The number of rotatable bonds is 5. The fourth-order valence-electron chi connectivity index (χ4n) is 0.938. The minimum absolute atomic E-state index is 0.0300. The highest BCUT2D eigenvalue weighted by Gasteiger charge is 2.27. The maximum absolute atomic E-state index is 11.6. The molecule has 0 N–H and O–H groups in total. The van der Waals surface area contributed by atoms with Gasteiger partial charge in [0.1, 0.15) is 0 Å². The predicted molar refractivity (Wildman–Crippen MR) is 54.7 cm³/mol. The summed E-state index contributed by atoms with van der Waals surface area (Å²) >= 11 is 0. The molecular formula is C9H14N2O2S. The van der Waals surface area contributed by atoms with Crippen molar-refractivity contribution in [3.8, 4) is 18.4 Å². The lowest BCUT2D eigenvalue weighted by atomic mass is 10.5. The summed E-state index contributed by atoms with van der Waals surface area (Å²) < 4.78 is 24.5. The number of hydrogen-bond donors (Lipinski definition) is 0. The first-order valence-corrected chi connectivity index (χ1v) is 5.83. The molecule has 4 nitrogen and oxygen atoms in total. The first-order chi connectivity index (χ1) is 6.50. The Morgan fingerprint density at radius 1 is 1.57 bits per heavy atom. The molecule has 0 rings (SSSR count). The minimum atomic E-state index is -3.55. The molecule has 0 aromatic carbocycles. The monoisotopic (exact) mass is 214 g/mol. The van der Waals surface area contributed by atoms with Gasteiger partial charge in [0.05, 0.1) is 12.6 Å². The molecule has 0 amide bonds. The molecule has 1 unspecified atom stereocenters. The second-order valence-electron chi connectivity index (χ2n) is 2.85. The van der Waals surface area contributed by atoms with Gasteiger partial charge in [0.25, 0.3) is 0 Å². The third-order valence-electron chi connectivity index (χ3n) is 1.73. The van der Waals surface area contributed by atoms with Crippen LogP contribution in [-0.4, -0.2) is 31.1 Å². The molecule has 0 aliphatic heterocycles. The maximum Gasteiger partial charge on any atom is 0.231 e. The summed E-state index contributed by atoms with van der Waals surface area (Å²) in [5, 5.41) is 7.51. The van der Waals surface area contributed by atoms with E-state index in [2.05, 4.69) is 5.92 Å². The van der Waals surface area contributed by atoms with Crippen LogP contribution in [0.4, 0.5) is 0 Å². The summed E-state index contributed by atoms with van der Waals surface area (Å²) in [6.45, 7) is 3.60. The van der Waals surface area contributed by atoms with Crippen molar-refractivity contribution in [1.82, 2.24) is 4.31 Å². The SMILES string of the molecule is C#CCN(CCC)S(=O)(=O)C(C)C#N. The Labute approximate surface area is 85.6 Å². The standard InChI is InChI=1S/C9H14N2O2S/c1-4-6-11(7-5-2)14(12,13)9(3)8-10/h1,9H,5-7H2,2-3H3. The first-order valence-electron chi connectivity index (χ1n) is 4.32. The molecule has 0 aliphatic carbocycles. The molecule has 0 heterocycles. The van der Waals surface area contributed by atoms with Crippen LogP contribution in [0.2, 0.25) is 0 Å². The van der Waals surface area contributed by atoms with Crippen LogP contribution >= 0.6 is 0 Å². The Bertz CT molecular complexity index is 348. The third kappa shape index (κ3) is 3.02. The molecule has 0 spiro atoms. The molecule has 0 fully saturated rings. The summed E-state index contributed by atoms with van der Waals surface area (Å²) in [5.74, 6) is 2.28. The number of nitriles is 1. The van der Waals surface area contributed by atoms with E-state index in [9.17, 15) is 8.42 Å². The second-order valence-corrected chi connectivity index (χ2v) is 5.11. The highest BCUT2D eigenvalue weighted by atomic mass is 32.2. The quantitative estimate of drug-likeness (QED) is 0.629. The van der Waals surface area contributed by atoms with Crippen molar-refractivity contribution in [1.29, 1.82) is 5.26 Å². The highest BCUT2D eigenvalue weighted by Crippen LogP contribution is 2.08. The van der Waals surface area contributed by atoms with Gasteiger partial charge in [0.15, 0.2) is 5.25 Å². The van der Waals surface area contributed by atoms with Gasteiger partial charge in [0.2, 0.25) is 10.0 Å². The summed E-state index contributed by atoms with van der Waals surface area (Å²) in [6, 6.07) is 1.70. The van der Waals surface area contributed by atoms with Gasteiger partial charge >= 0.3 is 0 Å². The van der Waals surface area contributed by atoms with Gasteiger partial charge < -0.3 is 0 Å². The smallest absolute Gasteiger partial charge is 0.211 e. The van der Waals surface area contributed by atoms with Crippen molar-refractivity contribution in [3.63, 3.8) is 0 Å². The highest BCUT2D eigenvalue weighted by molar-refractivity contribution is 7.89. The lowest BCUT2D eigenvalue weighted by Crippen LogP contribution is -2.37. The van der Waals surface area contributed by atoms with Crippen LogP contribution in [0.25, 0.3) is 0 Å². The summed E-state index contributed by atoms with van der Waals surface area (Å²) in [6.07, 6.45) is 5.74. The van der Waals surface area contributed by atoms with Crippen molar-refractivity contribution in [3.05, 3.63) is 0 Å². The summed E-state index contributed by atoms with van der Waals surface area (Å²) in [7, 11) is -3.55. The molecule has 0 saturated carbocycles. The molecule has 0 radical (unpaired) electrons. The number of hydrogen-bond acceptors (Lipinski definition) is 3. The lowest BCUT2D eigenvalue weighted by Gasteiger charge is -2.20. The van der Waals surface area contributed by atoms with E-state index in [0.29, 0.717) is 13.0 Å². The van der Waals surface area contributed by atoms with Crippen molar-refractivity contribution < 1.29 is 8.42 Å². The van der Waals surface area contributed by atoms with Crippen molar-refractivity contribution in [2.24, 2.45) is 0 Å². The molecule has 14 heavy (non-hydrogen) atoms. The first kappa shape index (κ1) is 13.0. The van der Waals surface area contributed by atoms with Crippen LogP contribution in [-0.2, 0) is 10.0 Å². The molecule has 0 aromatic rings. The average molecular weight is 214 g/mol. The predicted octanol–water partition coefficient (Wildman–Crippen LogP) is 0.573. The van der Waals surface area contributed by atoms with Crippen LogP contribution in [0.15, 0.2) is 0 Å². The van der Waals surface area contributed by atoms with Crippen molar-refractivity contribution >= 4 is 10.0 Å². The lowest BCUT2D eigenvalue weighted by molar-refractivity contribution is 0.442. The van der Waals surface area contributed by atoms with Crippen molar-refractivity contribution in [2.75, 3.05) is 13.1 Å². The number of terminal acetylenes is 1. The van der Waals surface area contributed by atoms with E-state index in [1.807, 2.05) is 6.92 Å². The van der Waals surface area contributed by atoms with E-state index in [4.69, 9.17) is 11.7 Å². The van der Waals surface area contributed by atoms with E-state index in [1.165, 1.54) is 11.2 Å². The van der Waals surface area contributed by atoms with Crippen LogP contribution in [0.3, 0.4) is 0 Å². The largest absolute Gasteiger partial charge is 0.231 e. The zero-order valence-corrected chi connectivity index (χ0v) is 9.21. The molecular weight excluding hydrogens is 200 g/mol. The van der Waals surface area contributed by atoms with Gasteiger partial charge in [-0.25, -0.2) is 8.42 Å². The molecule has 0 aliphatic rings. The van der Waals surface area contributed by atoms with Gasteiger partial charge in [-0.05, 0) is 13.3 Å². The van der Waals surface area contributed by atoms with Gasteiger partial charge in [-0.2, -0.15) is 9.57 Å². The molecule has 0 saturated heterocycles. The Hall–Kier alpha value is -1.04. The van der Waals surface area contributed by atoms with E-state index >= 15 is 0 Å². The van der Waals surface area contributed by atoms with Crippen LogP contribution in [0, 0.1) is 23.7 Å². The number of sulfonamides is 1. The molecule has 78 valence electrons. The summed E-state index contributed by atoms with van der Waals surface area (Å²) in [4.78, 5) is 0. The van der Waals surface area contributed by atoms with Gasteiger partial charge in [-0.3, -0.25) is 0 Å². The Morgan fingerprint density at radius 2 is 2.14 bits per heavy atom. The zero-order chi connectivity index (χ0) is 11.2. The van der Waals surface area contributed by atoms with Crippen LogP contribution in [0.5, 0.6) is 0 Å². The second kappa shape index (κ2) is 5.64. The van der Waals surface area contributed by atoms with Crippen LogP contribution < -0.4 is 0 Å². The molecule has 1 atom stereocenters. The zero-order valence-electron chi connectivity index (χ0n) is 8.40. The Kier molecular flexibility index (Phi) is 5.22. The normalized spacial score (nSPS) is 13.2. The average Bonchev–Trinajstić information content (AvgIpc) is 2.16. The fraction of sp³-hybridized carbons (Fsp3) is 0.667. The van der Waals surface area contributed by atoms with Crippen LogP contribution in [0.1, 0.15) is 20.3 Å². The van der Waals surface area contributed by atoms with E-state index < -0.39 is 15.3 Å². The van der Waals surface area contributed by atoms with E-state index in [0.717, 1.165) is 0 Å². The molecule has 0 bridgehead atoms. The topological polar surface area (TPSA) is 61.2 Å². The fourth-order valence-corrected chi connectivity index (χ4v) is 2.21. The molecule has 0 aromatic heterocycles. The Morgan fingerprint density at radius 3 is 2.50 bits per heavy atom. The molecule has 5 heteroatoms. The Balaban J connectivity index is 4.84. The van der Waals surface area contributed by atoms with E-state index in [1.54, 1.807) is 6.07 Å². The number of nitrogens with zero attached hydrogens (tertiary/aromatic N) is 2. The maximum atomic E-state index is 11.6.